The number of carbonyl (C=O) groups is 1. The first kappa shape index (κ1) is 15.7. The number of hydrogen-bond acceptors (Lipinski definition) is 3. The van der Waals surface area contributed by atoms with E-state index in [0.29, 0.717) is 13.0 Å². The van der Waals surface area contributed by atoms with Gasteiger partial charge in [0.15, 0.2) is 0 Å². The first-order valence-electron chi connectivity index (χ1n) is 7.70. The molecule has 1 amide bonds. The van der Waals surface area contributed by atoms with Crippen LogP contribution in [0.5, 0.6) is 0 Å². The predicted octanol–water partition coefficient (Wildman–Crippen LogP) is 3.78. The van der Waals surface area contributed by atoms with Gasteiger partial charge in [-0.2, -0.15) is 0 Å². The highest BCUT2D eigenvalue weighted by Crippen LogP contribution is 2.25. The van der Waals surface area contributed by atoms with Crippen LogP contribution in [0, 0.1) is 0 Å². The van der Waals surface area contributed by atoms with Gasteiger partial charge in [-0.15, -0.1) is 11.3 Å². The topological polar surface area (TPSA) is 57.8 Å². The summed E-state index contributed by atoms with van der Waals surface area (Å²) in [7, 11) is 0. The number of nitrogens with zero attached hydrogens (tertiary/aromatic N) is 1. The van der Waals surface area contributed by atoms with Crippen molar-refractivity contribution >= 4 is 28.1 Å². The number of aromatic nitrogens is 2. The second kappa shape index (κ2) is 6.16. The highest BCUT2D eigenvalue weighted by molar-refractivity contribution is 7.09. The average Bonchev–Trinajstić information content (AvgIpc) is 3.12. The molecule has 0 atom stereocenters. The number of hydrogen-bond donors (Lipinski definition) is 2. The van der Waals surface area contributed by atoms with Crippen LogP contribution in [0.15, 0.2) is 35.8 Å². The van der Waals surface area contributed by atoms with Gasteiger partial charge in [0, 0.05) is 27.9 Å². The largest absolute Gasteiger partial charge is 0.361 e. The number of carbonyl (C=O) groups excluding carboxylic acids is 1. The fourth-order valence-corrected chi connectivity index (χ4v) is 3.34. The van der Waals surface area contributed by atoms with Gasteiger partial charge in [-0.1, -0.05) is 39.0 Å². The Hall–Kier alpha value is -2.14. The fraction of sp³-hybridized carbons (Fsp3) is 0.333. The van der Waals surface area contributed by atoms with Gasteiger partial charge in [0.2, 0.25) is 5.91 Å². The van der Waals surface area contributed by atoms with Crippen molar-refractivity contribution in [1.29, 1.82) is 0 Å². The number of nitrogens with one attached hydrogen (secondary N) is 2. The molecule has 5 heteroatoms. The van der Waals surface area contributed by atoms with Crippen molar-refractivity contribution in [3.63, 3.8) is 0 Å². The summed E-state index contributed by atoms with van der Waals surface area (Å²) in [6.45, 7) is 6.91. The Morgan fingerprint density at radius 1 is 1.30 bits per heavy atom. The summed E-state index contributed by atoms with van der Waals surface area (Å²) in [4.78, 5) is 20.0. The summed E-state index contributed by atoms with van der Waals surface area (Å²) in [6, 6.07) is 8.02. The number of H-pyrrole nitrogens is 1. The predicted molar refractivity (Wildman–Crippen MR) is 94.7 cm³/mol. The molecule has 0 spiro atoms. The van der Waals surface area contributed by atoms with Crippen molar-refractivity contribution in [3.8, 4) is 0 Å². The lowest BCUT2D eigenvalue weighted by molar-refractivity contribution is -0.120. The molecule has 2 aromatic heterocycles. The molecule has 0 radical (unpaired) electrons. The van der Waals surface area contributed by atoms with Crippen LogP contribution in [0.2, 0.25) is 0 Å². The third-order valence-corrected chi connectivity index (χ3v) is 5.00. The molecule has 120 valence electrons. The second-order valence-electron chi connectivity index (χ2n) is 6.71. The van der Waals surface area contributed by atoms with E-state index in [1.54, 1.807) is 11.3 Å². The van der Waals surface area contributed by atoms with Crippen LogP contribution in [0.3, 0.4) is 0 Å². The van der Waals surface area contributed by atoms with Crippen molar-refractivity contribution in [2.45, 2.75) is 39.2 Å². The molecule has 0 bridgehead atoms. The lowest BCUT2D eigenvalue weighted by Crippen LogP contribution is -2.24. The lowest BCUT2D eigenvalue weighted by atomic mass is 9.98. The molecule has 2 heterocycles. The maximum Gasteiger partial charge on any atom is 0.224 e. The van der Waals surface area contributed by atoms with Gasteiger partial charge < -0.3 is 10.3 Å². The molecule has 4 nitrogen and oxygen atoms in total. The monoisotopic (exact) mass is 327 g/mol. The number of rotatable bonds is 4. The summed E-state index contributed by atoms with van der Waals surface area (Å²) in [6.07, 6.45) is 2.28. The zero-order valence-corrected chi connectivity index (χ0v) is 14.5. The Labute approximate surface area is 140 Å². The molecular formula is C18H21N3OS. The van der Waals surface area contributed by atoms with Gasteiger partial charge in [0.05, 0.1) is 23.7 Å². The van der Waals surface area contributed by atoms with Gasteiger partial charge >= 0.3 is 0 Å². The van der Waals surface area contributed by atoms with Crippen molar-refractivity contribution in [2.24, 2.45) is 0 Å². The van der Waals surface area contributed by atoms with E-state index in [1.807, 2.05) is 35.8 Å². The number of aromatic amines is 1. The van der Waals surface area contributed by atoms with E-state index in [2.05, 4.69) is 36.1 Å². The van der Waals surface area contributed by atoms with E-state index >= 15 is 0 Å². The summed E-state index contributed by atoms with van der Waals surface area (Å²) in [5.74, 6) is 0.0139. The lowest BCUT2D eigenvalue weighted by Gasteiger charge is -2.13. The van der Waals surface area contributed by atoms with Gasteiger partial charge in [0.25, 0.3) is 0 Å². The van der Waals surface area contributed by atoms with E-state index in [1.165, 1.54) is 0 Å². The van der Waals surface area contributed by atoms with E-state index in [-0.39, 0.29) is 11.3 Å². The number of thiazole rings is 1. The average molecular weight is 327 g/mol. The third-order valence-electron chi connectivity index (χ3n) is 3.69. The number of para-hydroxylation sites is 1. The van der Waals surface area contributed by atoms with E-state index in [9.17, 15) is 4.79 Å². The molecule has 1 aromatic carbocycles. The van der Waals surface area contributed by atoms with Crippen LogP contribution in [0.1, 0.15) is 37.0 Å². The van der Waals surface area contributed by atoms with E-state index in [4.69, 9.17) is 0 Å². The molecule has 0 saturated heterocycles. The molecule has 2 N–H and O–H groups in total. The fourth-order valence-electron chi connectivity index (χ4n) is 2.44. The maximum absolute atomic E-state index is 12.2. The van der Waals surface area contributed by atoms with Gasteiger partial charge in [-0.05, 0) is 11.6 Å². The zero-order chi connectivity index (χ0) is 16.4. The van der Waals surface area contributed by atoms with Crippen LogP contribution in [0.4, 0.5) is 0 Å². The smallest absolute Gasteiger partial charge is 0.224 e. The Kier molecular flexibility index (Phi) is 4.22. The third kappa shape index (κ3) is 3.62. The summed E-state index contributed by atoms with van der Waals surface area (Å²) < 4.78 is 0. The summed E-state index contributed by atoms with van der Waals surface area (Å²) in [5.41, 5.74) is 3.06. The van der Waals surface area contributed by atoms with E-state index in [0.717, 1.165) is 27.2 Å². The molecule has 0 fully saturated rings. The van der Waals surface area contributed by atoms with Crippen LogP contribution in [0.25, 0.3) is 10.9 Å². The van der Waals surface area contributed by atoms with Crippen molar-refractivity contribution in [1.82, 2.24) is 15.3 Å². The molecule has 0 aliphatic rings. The standard InChI is InChI=1S/C18H21N3OS/c1-18(2,3)17-21-13(11-23-17)10-20-16(22)8-12-9-19-15-7-5-4-6-14(12)15/h4-7,9,11,19H,8,10H2,1-3H3,(H,20,22). The van der Waals surface area contributed by atoms with Crippen molar-refractivity contribution < 1.29 is 4.79 Å². The number of amides is 1. The first-order valence-corrected chi connectivity index (χ1v) is 8.58. The van der Waals surface area contributed by atoms with E-state index < -0.39 is 0 Å². The molecular weight excluding hydrogens is 306 g/mol. The second-order valence-corrected chi connectivity index (χ2v) is 7.57. The molecule has 0 saturated carbocycles. The van der Waals surface area contributed by atoms with Crippen LogP contribution in [-0.2, 0) is 23.2 Å². The van der Waals surface area contributed by atoms with Gasteiger partial charge in [0.1, 0.15) is 0 Å². The van der Waals surface area contributed by atoms with Crippen LogP contribution < -0.4 is 5.32 Å². The Balaban J connectivity index is 1.61. The van der Waals surface area contributed by atoms with Gasteiger partial charge in [-0.3, -0.25) is 4.79 Å². The minimum atomic E-state index is 0.0139. The summed E-state index contributed by atoms with van der Waals surface area (Å²) in [5, 5.41) is 7.18. The normalized spacial score (nSPS) is 11.8. The quantitative estimate of drug-likeness (QED) is 0.766. The molecule has 3 rings (SSSR count). The highest BCUT2D eigenvalue weighted by Gasteiger charge is 2.18. The van der Waals surface area contributed by atoms with Gasteiger partial charge in [-0.25, -0.2) is 4.98 Å². The zero-order valence-electron chi connectivity index (χ0n) is 13.6. The summed E-state index contributed by atoms with van der Waals surface area (Å²) >= 11 is 1.65. The van der Waals surface area contributed by atoms with Crippen molar-refractivity contribution in [3.05, 3.63) is 52.1 Å². The minimum absolute atomic E-state index is 0.0139. The van der Waals surface area contributed by atoms with Crippen LogP contribution in [-0.4, -0.2) is 15.9 Å². The highest BCUT2D eigenvalue weighted by atomic mass is 32.1. The Morgan fingerprint density at radius 2 is 2.09 bits per heavy atom. The maximum atomic E-state index is 12.2. The minimum Gasteiger partial charge on any atom is -0.361 e. The number of benzene rings is 1. The van der Waals surface area contributed by atoms with Crippen molar-refractivity contribution in [2.75, 3.05) is 0 Å². The molecule has 23 heavy (non-hydrogen) atoms. The molecule has 0 unspecified atom stereocenters. The number of fused-ring (bicyclic) bond motifs is 1. The van der Waals surface area contributed by atoms with Crippen LogP contribution >= 0.6 is 11.3 Å². The first-order chi connectivity index (χ1) is 10.9. The SMILES string of the molecule is CC(C)(C)c1nc(CNC(=O)Cc2c[nH]c3ccccc23)cs1. The molecule has 3 aromatic rings. The Bertz CT molecular complexity index is 826. The molecule has 0 aliphatic carbocycles. The Morgan fingerprint density at radius 3 is 2.83 bits per heavy atom. The molecule has 0 aliphatic heterocycles.